The van der Waals surface area contributed by atoms with Gasteiger partial charge in [0.2, 0.25) is 0 Å². The van der Waals surface area contributed by atoms with E-state index in [1.54, 1.807) is 0 Å². The van der Waals surface area contributed by atoms with E-state index in [1.807, 2.05) is 0 Å². The summed E-state index contributed by atoms with van der Waals surface area (Å²) in [6.45, 7) is 6.06. The van der Waals surface area contributed by atoms with E-state index >= 15 is 0 Å². The minimum atomic E-state index is 0.662. The Labute approximate surface area is 118 Å². The van der Waals surface area contributed by atoms with Crippen LogP contribution in [0.2, 0.25) is 0 Å². The molecule has 1 saturated heterocycles. The second-order valence-electron chi connectivity index (χ2n) is 6.12. The third-order valence-electron chi connectivity index (χ3n) is 4.59. The van der Waals surface area contributed by atoms with Gasteiger partial charge in [-0.3, -0.25) is 0 Å². The van der Waals surface area contributed by atoms with Gasteiger partial charge < -0.3 is 9.80 Å². The minimum absolute atomic E-state index is 0.662. The van der Waals surface area contributed by atoms with Gasteiger partial charge in [-0.2, -0.15) is 0 Å². The Kier molecular flexibility index (Phi) is 5.41. The fraction of sp³-hybridized carbons (Fsp3) is 0.647. The second-order valence-corrected chi connectivity index (χ2v) is 6.12. The summed E-state index contributed by atoms with van der Waals surface area (Å²) in [4.78, 5) is 5.02. The Hall–Kier alpha value is -0.860. The molecule has 0 N–H and O–H groups in total. The Balaban J connectivity index is 1.75. The fourth-order valence-corrected chi connectivity index (χ4v) is 2.96. The van der Waals surface area contributed by atoms with Gasteiger partial charge in [0.25, 0.3) is 0 Å². The molecule has 1 fully saturated rings. The Morgan fingerprint density at radius 3 is 2.47 bits per heavy atom. The highest BCUT2D eigenvalue weighted by Gasteiger charge is 2.20. The Morgan fingerprint density at radius 1 is 1.21 bits per heavy atom. The third-order valence-corrected chi connectivity index (χ3v) is 4.59. The maximum atomic E-state index is 2.58. The summed E-state index contributed by atoms with van der Waals surface area (Å²) < 4.78 is 0. The predicted octanol–water partition coefficient (Wildman–Crippen LogP) is 3.21. The van der Waals surface area contributed by atoms with Crippen molar-refractivity contribution in [2.24, 2.45) is 0 Å². The van der Waals surface area contributed by atoms with Crippen molar-refractivity contribution >= 4 is 0 Å². The molecule has 0 spiro atoms. The maximum absolute atomic E-state index is 2.58. The molecular formula is C17H28N2. The molecule has 19 heavy (non-hydrogen) atoms. The van der Waals surface area contributed by atoms with Crippen molar-refractivity contribution < 1.29 is 0 Å². The number of benzene rings is 1. The van der Waals surface area contributed by atoms with Crippen molar-refractivity contribution in [2.45, 2.75) is 38.1 Å². The van der Waals surface area contributed by atoms with Crippen molar-refractivity contribution in [1.82, 2.24) is 9.80 Å². The molecule has 0 saturated carbocycles. The lowest BCUT2D eigenvalue weighted by Crippen LogP contribution is -2.42. The molecule has 1 atom stereocenters. The van der Waals surface area contributed by atoms with Crippen LogP contribution in [0.1, 0.15) is 37.7 Å². The number of hydrogen-bond donors (Lipinski definition) is 0. The molecule has 1 aliphatic heterocycles. The van der Waals surface area contributed by atoms with Gasteiger partial charge in [0, 0.05) is 6.04 Å². The number of likely N-dealkylation sites (tertiary alicyclic amines) is 1. The molecule has 2 rings (SSSR count). The normalized spacial score (nSPS) is 19.8. The van der Waals surface area contributed by atoms with Gasteiger partial charge in [-0.05, 0) is 64.5 Å². The molecule has 0 amide bonds. The summed E-state index contributed by atoms with van der Waals surface area (Å²) in [5, 5.41) is 0. The first kappa shape index (κ1) is 14.5. The standard InChI is InChI=1S/C17H28N2/c1-15(16-7-5-4-6-8-16)9-14-19(3)17-10-12-18(2)13-11-17/h4-8,15,17H,9-14H2,1-3H3. The SMILES string of the molecule is CC(CCN(C)C1CCN(C)CC1)c1ccccc1. The van der Waals surface area contributed by atoms with Crippen LogP contribution in [0, 0.1) is 0 Å². The number of piperidine rings is 1. The summed E-state index contributed by atoms with van der Waals surface area (Å²) in [7, 11) is 4.53. The first-order valence-electron chi connectivity index (χ1n) is 7.60. The van der Waals surface area contributed by atoms with Crippen molar-refractivity contribution in [3.8, 4) is 0 Å². The van der Waals surface area contributed by atoms with Crippen LogP contribution >= 0.6 is 0 Å². The van der Waals surface area contributed by atoms with Crippen LogP contribution in [0.25, 0.3) is 0 Å². The summed E-state index contributed by atoms with van der Waals surface area (Å²) in [5.74, 6) is 0.662. The van der Waals surface area contributed by atoms with Crippen LogP contribution in [0.4, 0.5) is 0 Å². The molecule has 0 aliphatic carbocycles. The van der Waals surface area contributed by atoms with Crippen molar-refractivity contribution in [1.29, 1.82) is 0 Å². The highest BCUT2D eigenvalue weighted by Crippen LogP contribution is 2.20. The molecule has 0 aromatic heterocycles. The van der Waals surface area contributed by atoms with Gasteiger partial charge >= 0.3 is 0 Å². The van der Waals surface area contributed by atoms with E-state index in [-0.39, 0.29) is 0 Å². The average Bonchev–Trinajstić information content (AvgIpc) is 2.46. The minimum Gasteiger partial charge on any atom is -0.306 e. The predicted molar refractivity (Wildman–Crippen MR) is 82.6 cm³/mol. The van der Waals surface area contributed by atoms with Crippen LogP contribution in [0.5, 0.6) is 0 Å². The second kappa shape index (κ2) is 7.06. The van der Waals surface area contributed by atoms with Crippen LogP contribution in [-0.4, -0.2) is 49.6 Å². The van der Waals surface area contributed by atoms with Gasteiger partial charge in [-0.25, -0.2) is 0 Å². The van der Waals surface area contributed by atoms with Crippen molar-refractivity contribution in [3.63, 3.8) is 0 Å². The average molecular weight is 260 g/mol. The third kappa shape index (κ3) is 4.32. The van der Waals surface area contributed by atoms with Crippen LogP contribution in [0.3, 0.4) is 0 Å². The molecule has 1 aliphatic rings. The zero-order chi connectivity index (χ0) is 13.7. The highest BCUT2D eigenvalue weighted by molar-refractivity contribution is 5.18. The zero-order valence-electron chi connectivity index (χ0n) is 12.7. The van der Waals surface area contributed by atoms with Crippen molar-refractivity contribution in [3.05, 3.63) is 35.9 Å². The fourth-order valence-electron chi connectivity index (χ4n) is 2.96. The van der Waals surface area contributed by atoms with Crippen LogP contribution in [0.15, 0.2) is 30.3 Å². The topological polar surface area (TPSA) is 6.48 Å². The zero-order valence-corrected chi connectivity index (χ0v) is 12.7. The molecule has 2 heteroatoms. The Morgan fingerprint density at radius 2 is 1.84 bits per heavy atom. The van der Waals surface area contributed by atoms with Gasteiger partial charge in [-0.15, -0.1) is 0 Å². The maximum Gasteiger partial charge on any atom is 0.0117 e. The molecule has 1 aromatic rings. The van der Waals surface area contributed by atoms with E-state index in [2.05, 4.69) is 61.2 Å². The first-order valence-corrected chi connectivity index (χ1v) is 7.60. The van der Waals surface area contributed by atoms with Gasteiger partial charge in [0.1, 0.15) is 0 Å². The van der Waals surface area contributed by atoms with Gasteiger partial charge in [0.05, 0.1) is 0 Å². The summed E-state index contributed by atoms with van der Waals surface area (Å²) in [6, 6.07) is 11.7. The molecule has 1 aromatic carbocycles. The molecule has 0 bridgehead atoms. The van der Waals surface area contributed by atoms with E-state index < -0.39 is 0 Å². The highest BCUT2D eigenvalue weighted by atomic mass is 15.2. The lowest BCUT2D eigenvalue weighted by molar-refractivity contribution is 0.142. The van der Waals surface area contributed by atoms with E-state index in [0.29, 0.717) is 5.92 Å². The van der Waals surface area contributed by atoms with E-state index in [0.717, 1.165) is 6.04 Å². The molecular weight excluding hydrogens is 232 g/mol. The quantitative estimate of drug-likeness (QED) is 0.802. The molecule has 1 heterocycles. The molecule has 1 unspecified atom stereocenters. The largest absolute Gasteiger partial charge is 0.306 e. The Bertz CT molecular complexity index is 355. The monoisotopic (exact) mass is 260 g/mol. The van der Waals surface area contributed by atoms with Crippen molar-refractivity contribution in [2.75, 3.05) is 33.7 Å². The van der Waals surface area contributed by atoms with E-state index in [4.69, 9.17) is 0 Å². The van der Waals surface area contributed by atoms with Gasteiger partial charge in [-0.1, -0.05) is 37.3 Å². The van der Waals surface area contributed by atoms with E-state index in [9.17, 15) is 0 Å². The molecule has 106 valence electrons. The van der Waals surface area contributed by atoms with E-state index in [1.165, 1.54) is 44.5 Å². The number of hydrogen-bond acceptors (Lipinski definition) is 2. The smallest absolute Gasteiger partial charge is 0.0117 e. The van der Waals surface area contributed by atoms with Crippen LogP contribution < -0.4 is 0 Å². The lowest BCUT2D eigenvalue weighted by atomic mass is 9.97. The number of rotatable bonds is 5. The molecule has 2 nitrogen and oxygen atoms in total. The lowest BCUT2D eigenvalue weighted by Gasteiger charge is -2.35. The number of nitrogens with zero attached hydrogens (tertiary/aromatic N) is 2. The van der Waals surface area contributed by atoms with Crippen LogP contribution in [-0.2, 0) is 0 Å². The first-order chi connectivity index (χ1) is 9.16. The summed E-state index contributed by atoms with van der Waals surface area (Å²) in [5.41, 5.74) is 1.47. The van der Waals surface area contributed by atoms with Gasteiger partial charge in [0.15, 0.2) is 0 Å². The summed E-state index contributed by atoms with van der Waals surface area (Å²) in [6.07, 6.45) is 3.91. The molecule has 0 radical (unpaired) electrons. The summed E-state index contributed by atoms with van der Waals surface area (Å²) >= 11 is 0.